The molecule has 0 spiro atoms. The predicted octanol–water partition coefficient (Wildman–Crippen LogP) is 6.78. The quantitative estimate of drug-likeness (QED) is 0.296. The standard InChI is InChI=1S/C25H26Cl2FN2O3S/c1-34(20-6-7-20)30(32)25(31)22-12-21(15-4-5-15)24(13-23(22)28)33-19-3-2-8-29(14-19)18-10-16(26)9-17(27)11-18/h9-13,15,19-20H,1-8,14H2/q-1/t19-,34?/m1/s1. The lowest BCUT2D eigenvalue weighted by molar-refractivity contribution is 0.0901. The number of hydrogen-bond donors (Lipinski definition) is 0. The summed E-state index contributed by atoms with van der Waals surface area (Å²) in [5, 5.41) is 13.8. The van der Waals surface area contributed by atoms with Crippen LogP contribution in [0.3, 0.4) is 0 Å². The number of carbonyl (C=O) groups excluding carboxylic acids is 1. The minimum absolute atomic E-state index is 0.138. The fourth-order valence-electron chi connectivity index (χ4n) is 4.40. The molecule has 0 aromatic heterocycles. The third-order valence-electron chi connectivity index (χ3n) is 6.52. The molecule has 3 aliphatic rings. The lowest BCUT2D eigenvalue weighted by Gasteiger charge is -2.35. The van der Waals surface area contributed by atoms with Crippen LogP contribution in [0.4, 0.5) is 10.1 Å². The fraction of sp³-hybridized carbons (Fsp3) is 0.440. The molecule has 182 valence electrons. The second-order valence-electron chi connectivity index (χ2n) is 9.26. The summed E-state index contributed by atoms with van der Waals surface area (Å²) in [6.45, 7) is 1.46. The summed E-state index contributed by atoms with van der Waals surface area (Å²) in [6, 6.07) is 8.25. The van der Waals surface area contributed by atoms with Crippen molar-refractivity contribution in [2.45, 2.75) is 55.8 Å². The molecule has 2 saturated carbocycles. The van der Waals surface area contributed by atoms with Crippen LogP contribution in [0.15, 0.2) is 30.3 Å². The molecule has 1 amide bonds. The van der Waals surface area contributed by atoms with Crippen LogP contribution >= 0.6 is 33.9 Å². The maximum Gasteiger partial charge on any atom is 0.255 e. The van der Waals surface area contributed by atoms with Crippen LogP contribution in [-0.4, -0.2) is 40.7 Å². The Bertz CT molecular complexity index is 1120. The van der Waals surface area contributed by atoms with Gasteiger partial charge < -0.3 is 19.3 Å². The first-order valence-electron chi connectivity index (χ1n) is 11.6. The molecule has 1 unspecified atom stereocenters. The van der Waals surface area contributed by atoms with Crippen molar-refractivity contribution in [3.05, 3.63) is 62.5 Å². The molecule has 3 fully saturated rings. The van der Waals surface area contributed by atoms with Crippen LogP contribution in [0.5, 0.6) is 5.75 Å². The van der Waals surface area contributed by atoms with Gasteiger partial charge in [-0.2, -0.15) is 0 Å². The van der Waals surface area contributed by atoms with Crippen molar-refractivity contribution in [1.29, 1.82) is 0 Å². The van der Waals surface area contributed by atoms with E-state index in [1.54, 1.807) is 6.07 Å². The van der Waals surface area contributed by atoms with Gasteiger partial charge in [-0.25, -0.2) is 4.39 Å². The lowest BCUT2D eigenvalue weighted by atomic mass is 10.0. The SMILES string of the molecule is C=S(C1CC1)N([O-])C(=O)c1cc(C2CC2)c(O[C@@H]2CCCN(c3cc(Cl)cc(Cl)c3)C2)cc1F. The van der Waals surface area contributed by atoms with Gasteiger partial charge in [-0.15, -0.1) is 10.7 Å². The highest BCUT2D eigenvalue weighted by atomic mass is 35.5. The smallest absolute Gasteiger partial charge is 0.255 e. The molecule has 1 aliphatic heterocycles. The van der Waals surface area contributed by atoms with E-state index in [-0.39, 0.29) is 22.8 Å². The molecule has 5 nitrogen and oxygen atoms in total. The molecular formula is C25H26Cl2FN2O3S-. The number of piperidine rings is 1. The van der Waals surface area contributed by atoms with Crippen molar-refractivity contribution in [3.63, 3.8) is 0 Å². The Morgan fingerprint density at radius 3 is 2.47 bits per heavy atom. The highest BCUT2D eigenvalue weighted by Gasteiger charge is 2.33. The monoisotopic (exact) mass is 523 g/mol. The zero-order valence-corrected chi connectivity index (χ0v) is 21.0. The van der Waals surface area contributed by atoms with Crippen LogP contribution in [-0.2, 0) is 0 Å². The van der Waals surface area contributed by atoms with Gasteiger partial charge >= 0.3 is 0 Å². The van der Waals surface area contributed by atoms with Crippen molar-refractivity contribution in [3.8, 4) is 5.75 Å². The van der Waals surface area contributed by atoms with Gasteiger partial charge in [0.15, 0.2) is 0 Å². The summed E-state index contributed by atoms with van der Waals surface area (Å²) >= 11 is 12.4. The number of carbonyl (C=O) groups is 1. The van der Waals surface area contributed by atoms with E-state index in [2.05, 4.69) is 10.8 Å². The first kappa shape index (κ1) is 23.9. The summed E-state index contributed by atoms with van der Waals surface area (Å²) in [4.78, 5) is 14.9. The molecule has 0 N–H and O–H groups in total. The normalized spacial score (nSPS) is 21.3. The number of amides is 1. The number of halogens is 3. The average Bonchev–Trinajstić information content (AvgIpc) is 3.70. The van der Waals surface area contributed by atoms with Crippen molar-refractivity contribution in [1.82, 2.24) is 4.47 Å². The van der Waals surface area contributed by atoms with E-state index in [4.69, 9.17) is 27.9 Å². The van der Waals surface area contributed by atoms with Crippen LogP contribution in [0.2, 0.25) is 10.0 Å². The number of rotatable bonds is 7. The molecule has 1 heterocycles. The number of nitrogens with zero attached hydrogens (tertiary/aromatic N) is 2. The number of anilines is 1. The fourth-order valence-corrected chi connectivity index (χ4v) is 6.18. The Hall–Kier alpha value is -1.80. The van der Waals surface area contributed by atoms with E-state index in [9.17, 15) is 10.0 Å². The Labute approximate surface area is 211 Å². The van der Waals surface area contributed by atoms with E-state index in [1.807, 2.05) is 12.1 Å². The summed E-state index contributed by atoms with van der Waals surface area (Å²) in [7, 11) is -0.977. The Morgan fingerprint density at radius 2 is 1.82 bits per heavy atom. The topological polar surface area (TPSA) is 55.8 Å². The third kappa shape index (κ3) is 5.23. The lowest BCUT2D eigenvalue weighted by Crippen LogP contribution is -2.41. The summed E-state index contributed by atoms with van der Waals surface area (Å²) < 4.78 is 21.7. The van der Waals surface area contributed by atoms with Crippen molar-refractivity contribution < 1.29 is 13.9 Å². The van der Waals surface area contributed by atoms with Gasteiger partial charge in [0, 0.05) is 33.6 Å². The Kier molecular flexibility index (Phi) is 6.81. The van der Waals surface area contributed by atoms with Gasteiger partial charge in [-0.1, -0.05) is 29.1 Å². The molecule has 34 heavy (non-hydrogen) atoms. The van der Waals surface area contributed by atoms with Crippen LogP contribution in [0, 0.1) is 11.0 Å². The zero-order chi connectivity index (χ0) is 24.0. The largest absolute Gasteiger partial charge is 0.746 e. The minimum Gasteiger partial charge on any atom is -0.746 e. The van der Waals surface area contributed by atoms with E-state index in [0.29, 0.717) is 26.8 Å². The van der Waals surface area contributed by atoms with Crippen molar-refractivity contribution >= 4 is 51.3 Å². The second kappa shape index (κ2) is 9.69. The van der Waals surface area contributed by atoms with Crippen LogP contribution < -0.4 is 9.64 Å². The molecule has 2 atom stereocenters. The molecule has 2 aromatic carbocycles. The maximum atomic E-state index is 15.1. The molecule has 2 aliphatic carbocycles. The first-order valence-corrected chi connectivity index (χ1v) is 13.7. The molecule has 2 aromatic rings. The van der Waals surface area contributed by atoms with Gasteiger partial charge in [-0.05, 0) is 74.3 Å². The van der Waals surface area contributed by atoms with E-state index < -0.39 is 22.4 Å². The number of ether oxygens (including phenoxy) is 1. The van der Waals surface area contributed by atoms with Gasteiger partial charge in [0.25, 0.3) is 5.91 Å². The summed E-state index contributed by atoms with van der Waals surface area (Å²) in [5.74, 6) is 2.93. The maximum absolute atomic E-state index is 15.1. The molecule has 0 radical (unpaired) electrons. The molecule has 1 saturated heterocycles. The molecular weight excluding hydrogens is 498 g/mol. The highest BCUT2D eigenvalue weighted by Crippen LogP contribution is 2.46. The van der Waals surface area contributed by atoms with Crippen LogP contribution in [0.25, 0.3) is 0 Å². The van der Waals surface area contributed by atoms with Gasteiger partial charge in [-0.3, -0.25) is 4.79 Å². The molecule has 9 heteroatoms. The number of hydrogen-bond acceptors (Lipinski definition) is 4. The first-order chi connectivity index (χ1) is 16.3. The highest BCUT2D eigenvalue weighted by molar-refractivity contribution is 8.13. The number of benzene rings is 2. The van der Waals surface area contributed by atoms with Gasteiger partial charge in [0.2, 0.25) is 0 Å². The zero-order valence-electron chi connectivity index (χ0n) is 18.6. The van der Waals surface area contributed by atoms with E-state index in [0.717, 1.165) is 56.3 Å². The summed E-state index contributed by atoms with van der Waals surface area (Å²) in [5.41, 5.74) is 1.54. The molecule has 0 bridgehead atoms. The summed E-state index contributed by atoms with van der Waals surface area (Å²) in [6.07, 6.45) is 5.28. The van der Waals surface area contributed by atoms with Crippen LogP contribution in [0.1, 0.15) is 60.4 Å². The average molecular weight is 524 g/mol. The van der Waals surface area contributed by atoms with Crippen molar-refractivity contribution in [2.75, 3.05) is 18.0 Å². The molecule has 5 rings (SSSR count). The van der Waals surface area contributed by atoms with E-state index >= 15 is 4.39 Å². The predicted molar refractivity (Wildman–Crippen MR) is 138 cm³/mol. The Balaban J connectivity index is 1.35. The van der Waals surface area contributed by atoms with Gasteiger partial charge in [0.1, 0.15) is 17.7 Å². The van der Waals surface area contributed by atoms with Crippen molar-refractivity contribution in [2.24, 2.45) is 0 Å². The third-order valence-corrected chi connectivity index (χ3v) is 8.79. The second-order valence-corrected chi connectivity index (χ2v) is 11.9. The van der Waals surface area contributed by atoms with E-state index in [1.165, 1.54) is 12.1 Å². The number of hydroxylamine groups is 1. The minimum atomic E-state index is -0.977. The van der Waals surface area contributed by atoms with Gasteiger partial charge in [0.05, 0.1) is 12.1 Å². The Morgan fingerprint density at radius 1 is 1.12 bits per heavy atom.